The summed E-state index contributed by atoms with van der Waals surface area (Å²) in [4.78, 5) is 7.37. The Hall–Kier alpha value is -1.39. The molecule has 0 aromatic carbocycles. The molecule has 0 radical (unpaired) electrons. The Bertz CT molecular complexity index is 544. The molecule has 0 bridgehead atoms. The quantitative estimate of drug-likeness (QED) is 0.917. The van der Waals surface area contributed by atoms with Gasteiger partial charge >= 0.3 is 0 Å². The van der Waals surface area contributed by atoms with Gasteiger partial charge in [0.05, 0.1) is 5.69 Å². The smallest absolute Gasteiger partial charge is 0.137 e. The fourth-order valence-electron chi connectivity index (χ4n) is 3.28. The predicted octanol–water partition coefficient (Wildman–Crippen LogP) is 2.69. The molecule has 3 rings (SSSR count). The van der Waals surface area contributed by atoms with Crippen molar-refractivity contribution in [2.75, 3.05) is 13.1 Å². The van der Waals surface area contributed by atoms with Crippen molar-refractivity contribution in [1.82, 2.24) is 19.6 Å². The zero-order chi connectivity index (χ0) is 14.7. The van der Waals surface area contributed by atoms with E-state index in [0.717, 1.165) is 25.3 Å². The first kappa shape index (κ1) is 14.5. The first-order valence-electron chi connectivity index (χ1n) is 8.20. The average molecular weight is 286 g/mol. The van der Waals surface area contributed by atoms with Crippen LogP contribution in [0.25, 0.3) is 5.65 Å². The summed E-state index contributed by atoms with van der Waals surface area (Å²) in [6.45, 7) is 7.75. The Morgan fingerprint density at radius 2 is 2.24 bits per heavy atom. The Balaban J connectivity index is 1.75. The molecule has 3 heterocycles. The van der Waals surface area contributed by atoms with E-state index in [2.05, 4.69) is 53.0 Å². The number of hydrogen-bond donors (Lipinski definition) is 1. The minimum Gasteiger partial charge on any atom is -0.311 e. The maximum absolute atomic E-state index is 4.75. The fraction of sp³-hybridized carbons (Fsp3) is 0.588. The highest BCUT2D eigenvalue weighted by atomic mass is 15.2. The molecule has 4 nitrogen and oxygen atoms in total. The van der Waals surface area contributed by atoms with Crippen molar-refractivity contribution < 1.29 is 0 Å². The largest absolute Gasteiger partial charge is 0.311 e. The van der Waals surface area contributed by atoms with Crippen LogP contribution in [0.4, 0.5) is 0 Å². The van der Waals surface area contributed by atoms with Crippen LogP contribution >= 0.6 is 0 Å². The molecule has 1 N–H and O–H groups in total. The van der Waals surface area contributed by atoms with Crippen molar-refractivity contribution >= 4 is 5.65 Å². The minimum absolute atomic E-state index is 0.620. The van der Waals surface area contributed by atoms with E-state index in [0.29, 0.717) is 12.1 Å². The molecule has 2 aromatic rings. The molecule has 114 valence electrons. The summed E-state index contributed by atoms with van der Waals surface area (Å²) in [5.41, 5.74) is 2.22. The zero-order valence-electron chi connectivity index (χ0n) is 13.1. The first-order chi connectivity index (χ1) is 10.3. The maximum Gasteiger partial charge on any atom is 0.137 e. The summed E-state index contributed by atoms with van der Waals surface area (Å²) in [5, 5.41) is 3.68. The number of aromatic nitrogens is 2. The van der Waals surface area contributed by atoms with Gasteiger partial charge in [0.2, 0.25) is 0 Å². The SMILES string of the molecule is CCCC1CNC(CC)CN1Cc1cn2ccccc2n1. The van der Waals surface area contributed by atoms with E-state index in [1.165, 1.54) is 25.0 Å². The number of pyridine rings is 1. The van der Waals surface area contributed by atoms with Crippen LogP contribution in [0.2, 0.25) is 0 Å². The lowest BCUT2D eigenvalue weighted by molar-refractivity contribution is 0.112. The third kappa shape index (κ3) is 3.27. The topological polar surface area (TPSA) is 32.6 Å². The summed E-state index contributed by atoms with van der Waals surface area (Å²) in [7, 11) is 0. The van der Waals surface area contributed by atoms with Crippen molar-refractivity contribution in [3.05, 3.63) is 36.3 Å². The molecule has 1 aliphatic heterocycles. The normalized spacial score (nSPS) is 23.7. The number of fused-ring (bicyclic) bond motifs is 1. The van der Waals surface area contributed by atoms with Gasteiger partial charge in [0.25, 0.3) is 0 Å². The third-order valence-corrected chi connectivity index (χ3v) is 4.51. The number of nitrogens with one attached hydrogen (secondary N) is 1. The summed E-state index contributed by atoms with van der Waals surface area (Å²) >= 11 is 0. The molecule has 21 heavy (non-hydrogen) atoms. The van der Waals surface area contributed by atoms with Crippen LogP contribution in [-0.4, -0.2) is 39.5 Å². The molecule has 1 aliphatic rings. The lowest BCUT2D eigenvalue weighted by Crippen LogP contribution is -2.55. The van der Waals surface area contributed by atoms with Gasteiger partial charge in [-0.2, -0.15) is 0 Å². The lowest BCUT2D eigenvalue weighted by Gasteiger charge is -2.40. The standard InChI is InChI=1S/C17H26N4/c1-3-7-16-10-18-14(4-2)11-21(16)13-15-12-20-9-6-5-8-17(20)19-15/h5-6,8-9,12,14,16,18H,3-4,7,10-11,13H2,1-2H3. The number of rotatable bonds is 5. The van der Waals surface area contributed by atoms with Gasteiger partial charge in [-0.25, -0.2) is 4.98 Å². The second-order valence-corrected chi connectivity index (χ2v) is 6.08. The Morgan fingerprint density at radius 3 is 3.00 bits per heavy atom. The van der Waals surface area contributed by atoms with Crippen molar-refractivity contribution in [1.29, 1.82) is 0 Å². The van der Waals surface area contributed by atoms with Crippen LogP contribution in [0.5, 0.6) is 0 Å². The Labute approximate surface area is 127 Å². The molecule has 2 unspecified atom stereocenters. The number of nitrogens with zero attached hydrogens (tertiary/aromatic N) is 3. The van der Waals surface area contributed by atoms with E-state index in [1.807, 2.05) is 6.07 Å². The van der Waals surface area contributed by atoms with Crippen molar-refractivity contribution in [3.63, 3.8) is 0 Å². The van der Waals surface area contributed by atoms with Gasteiger partial charge in [-0.1, -0.05) is 26.3 Å². The predicted molar refractivity (Wildman–Crippen MR) is 86.4 cm³/mol. The molecular weight excluding hydrogens is 260 g/mol. The van der Waals surface area contributed by atoms with Crippen LogP contribution in [0.1, 0.15) is 38.8 Å². The summed E-state index contributed by atoms with van der Waals surface area (Å²) in [6, 6.07) is 7.43. The van der Waals surface area contributed by atoms with Crippen molar-refractivity contribution in [3.8, 4) is 0 Å². The molecule has 0 saturated carbocycles. The van der Waals surface area contributed by atoms with E-state index in [-0.39, 0.29) is 0 Å². The second kappa shape index (κ2) is 6.58. The van der Waals surface area contributed by atoms with Crippen LogP contribution in [0, 0.1) is 0 Å². The van der Waals surface area contributed by atoms with Crippen LogP contribution in [0.3, 0.4) is 0 Å². The van der Waals surface area contributed by atoms with Crippen molar-refractivity contribution in [2.24, 2.45) is 0 Å². The second-order valence-electron chi connectivity index (χ2n) is 6.08. The number of piperazine rings is 1. The molecule has 2 aromatic heterocycles. The highest BCUT2D eigenvalue weighted by Gasteiger charge is 2.26. The van der Waals surface area contributed by atoms with Gasteiger partial charge in [0, 0.05) is 44.1 Å². The van der Waals surface area contributed by atoms with Gasteiger partial charge in [0.1, 0.15) is 5.65 Å². The molecule has 1 saturated heterocycles. The molecule has 2 atom stereocenters. The monoisotopic (exact) mass is 286 g/mol. The lowest BCUT2D eigenvalue weighted by atomic mass is 10.0. The van der Waals surface area contributed by atoms with Gasteiger partial charge < -0.3 is 9.72 Å². The molecule has 0 spiro atoms. The highest BCUT2D eigenvalue weighted by Crippen LogP contribution is 2.17. The van der Waals surface area contributed by atoms with E-state index >= 15 is 0 Å². The summed E-state index contributed by atoms with van der Waals surface area (Å²) in [6.07, 6.45) is 7.94. The van der Waals surface area contributed by atoms with E-state index < -0.39 is 0 Å². The summed E-state index contributed by atoms with van der Waals surface area (Å²) in [5.74, 6) is 0. The van der Waals surface area contributed by atoms with Gasteiger partial charge in [-0.3, -0.25) is 4.90 Å². The maximum atomic E-state index is 4.75. The van der Waals surface area contributed by atoms with Gasteiger partial charge in [-0.15, -0.1) is 0 Å². The third-order valence-electron chi connectivity index (χ3n) is 4.51. The van der Waals surface area contributed by atoms with Gasteiger partial charge in [0.15, 0.2) is 0 Å². The zero-order valence-corrected chi connectivity index (χ0v) is 13.1. The van der Waals surface area contributed by atoms with Crippen LogP contribution in [-0.2, 0) is 6.54 Å². The summed E-state index contributed by atoms with van der Waals surface area (Å²) < 4.78 is 2.11. The van der Waals surface area contributed by atoms with Crippen LogP contribution in [0.15, 0.2) is 30.6 Å². The molecule has 0 amide bonds. The number of hydrogen-bond acceptors (Lipinski definition) is 3. The van der Waals surface area contributed by atoms with E-state index in [9.17, 15) is 0 Å². The average Bonchev–Trinajstić information content (AvgIpc) is 2.91. The molecule has 4 heteroatoms. The Kier molecular flexibility index (Phi) is 4.56. The molecule has 0 aliphatic carbocycles. The Morgan fingerprint density at radius 1 is 1.33 bits per heavy atom. The fourth-order valence-corrected chi connectivity index (χ4v) is 3.28. The number of imidazole rings is 1. The van der Waals surface area contributed by atoms with E-state index in [4.69, 9.17) is 4.98 Å². The van der Waals surface area contributed by atoms with E-state index in [1.54, 1.807) is 0 Å². The molecule has 1 fully saturated rings. The minimum atomic E-state index is 0.620. The van der Waals surface area contributed by atoms with Crippen LogP contribution < -0.4 is 5.32 Å². The highest BCUT2D eigenvalue weighted by molar-refractivity contribution is 5.39. The molecular formula is C17H26N4. The first-order valence-corrected chi connectivity index (χ1v) is 8.20. The van der Waals surface area contributed by atoms with Crippen molar-refractivity contribution in [2.45, 2.75) is 51.7 Å². The van der Waals surface area contributed by atoms with Gasteiger partial charge in [-0.05, 0) is 25.0 Å².